The van der Waals surface area contributed by atoms with Crippen LogP contribution in [0.25, 0.3) is 0 Å². The van der Waals surface area contributed by atoms with Gasteiger partial charge in [-0.25, -0.2) is 0 Å². The molecule has 0 bridgehead atoms. The van der Waals surface area contributed by atoms with Crippen LogP contribution >= 0.6 is 0 Å². The number of nitrogens with two attached hydrogens (primary N) is 1. The van der Waals surface area contributed by atoms with Crippen LogP contribution in [-0.2, 0) is 6.42 Å². The highest BCUT2D eigenvalue weighted by molar-refractivity contribution is 6.23. The number of hydrogen-bond acceptors (Lipinski definition) is 5. The SMILES string of the molecule is CCOc1cc(C(CCO)N2C(=O)c3cccc(N)c3C2=O)ccc1CC. The van der Waals surface area contributed by atoms with Crippen LogP contribution in [0.2, 0.25) is 0 Å². The fraction of sp³-hybridized carbons (Fsp3) is 0.333. The fourth-order valence-electron chi connectivity index (χ4n) is 3.54. The number of benzene rings is 2. The van der Waals surface area contributed by atoms with Crippen molar-refractivity contribution in [3.8, 4) is 5.75 Å². The van der Waals surface area contributed by atoms with Crippen molar-refractivity contribution in [1.82, 2.24) is 4.90 Å². The largest absolute Gasteiger partial charge is 0.494 e. The number of aliphatic hydroxyl groups is 1. The van der Waals surface area contributed by atoms with Gasteiger partial charge >= 0.3 is 0 Å². The van der Waals surface area contributed by atoms with Gasteiger partial charge in [-0.1, -0.05) is 25.1 Å². The maximum atomic E-state index is 13.0. The summed E-state index contributed by atoms with van der Waals surface area (Å²) < 4.78 is 5.72. The number of ether oxygens (including phenoxy) is 1. The lowest BCUT2D eigenvalue weighted by atomic mass is 9.99. The smallest absolute Gasteiger partial charge is 0.264 e. The van der Waals surface area contributed by atoms with E-state index in [1.54, 1.807) is 18.2 Å². The normalized spacial score (nSPS) is 14.4. The molecule has 0 saturated heterocycles. The number of anilines is 1. The quantitative estimate of drug-likeness (QED) is 0.579. The van der Waals surface area contributed by atoms with E-state index >= 15 is 0 Å². The van der Waals surface area contributed by atoms with Crippen molar-refractivity contribution >= 4 is 17.5 Å². The van der Waals surface area contributed by atoms with Gasteiger partial charge in [0.1, 0.15) is 5.75 Å². The molecule has 1 aliphatic heterocycles. The van der Waals surface area contributed by atoms with Crippen LogP contribution in [-0.4, -0.2) is 35.0 Å². The number of aliphatic hydroxyl groups excluding tert-OH is 1. The van der Waals surface area contributed by atoms with Gasteiger partial charge in [0.2, 0.25) is 0 Å². The standard InChI is InChI=1S/C21H24N2O4/c1-3-13-8-9-14(12-18(13)27-4-2)17(10-11-24)23-20(25)15-6-5-7-16(22)19(15)21(23)26/h5-9,12,17,24H,3-4,10-11,22H2,1-2H3. The average Bonchev–Trinajstić information content (AvgIpc) is 2.92. The Morgan fingerprint density at radius 3 is 2.56 bits per heavy atom. The molecule has 0 fully saturated rings. The third kappa shape index (κ3) is 3.28. The molecule has 6 nitrogen and oxygen atoms in total. The molecule has 142 valence electrons. The number of fused-ring (bicyclic) bond motifs is 1. The number of imide groups is 1. The van der Waals surface area contributed by atoms with E-state index in [4.69, 9.17) is 10.5 Å². The summed E-state index contributed by atoms with van der Waals surface area (Å²) in [4.78, 5) is 27.1. The Kier molecular flexibility index (Phi) is 5.46. The molecule has 0 radical (unpaired) electrons. The summed E-state index contributed by atoms with van der Waals surface area (Å²) in [6, 6.07) is 9.96. The van der Waals surface area contributed by atoms with Crippen molar-refractivity contribution in [3.05, 3.63) is 58.7 Å². The van der Waals surface area contributed by atoms with Crippen LogP contribution in [0, 0.1) is 0 Å². The minimum Gasteiger partial charge on any atom is -0.494 e. The van der Waals surface area contributed by atoms with Gasteiger partial charge < -0.3 is 15.6 Å². The topological polar surface area (TPSA) is 92.9 Å². The van der Waals surface area contributed by atoms with E-state index in [9.17, 15) is 14.7 Å². The molecule has 0 spiro atoms. The van der Waals surface area contributed by atoms with Crippen molar-refractivity contribution in [2.45, 2.75) is 32.7 Å². The zero-order chi connectivity index (χ0) is 19.6. The number of carbonyl (C=O) groups is 2. The second kappa shape index (κ2) is 7.80. The van der Waals surface area contributed by atoms with E-state index in [1.165, 1.54) is 4.90 Å². The number of hydrogen-bond donors (Lipinski definition) is 2. The Hall–Kier alpha value is -2.86. The molecule has 1 aliphatic rings. The Morgan fingerprint density at radius 1 is 1.15 bits per heavy atom. The second-order valence-electron chi connectivity index (χ2n) is 6.43. The number of amides is 2. The number of nitrogen functional groups attached to an aromatic ring is 1. The van der Waals surface area contributed by atoms with Crippen molar-refractivity contribution in [1.29, 1.82) is 0 Å². The van der Waals surface area contributed by atoms with E-state index in [0.29, 0.717) is 12.2 Å². The summed E-state index contributed by atoms with van der Waals surface area (Å²) in [5.74, 6) is -0.0843. The number of carbonyl (C=O) groups excluding carboxylic acids is 2. The summed E-state index contributed by atoms with van der Waals surface area (Å²) in [6.07, 6.45) is 1.05. The molecule has 27 heavy (non-hydrogen) atoms. The van der Waals surface area contributed by atoms with Crippen LogP contribution in [0.5, 0.6) is 5.75 Å². The average molecular weight is 368 g/mol. The number of rotatable bonds is 7. The van der Waals surface area contributed by atoms with E-state index in [1.807, 2.05) is 32.0 Å². The Labute approximate surface area is 158 Å². The van der Waals surface area contributed by atoms with Crippen LogP contribution in [0.4, 0.5) is 5.69 Å². The van der Waals surface area contributed by atoms with Gasteiger partial charge in [-0.3, -0.25) is 14.5 Å². The monoisotopic (exact) mass is 368 g/mol. The van der Waals surface area contributed by atoms with Gasteiger partial charge in [-0.15, -0.1) is 0 Å². The van der Waals surface area contributed by atoms with Gasteiger partial charge in [0.15, 0.2) is 0 Å². The molecule has 0 aromatic heterocycles. The summed E-state index contributed by atoms with van der Waals surface area (Å²) in [7, 11) is 0. The first-order chi connectivity index (χ1) is 13.0. The van der Waals surface area contributed by atoms with Gasteiger partial charge in [-0.2, -0.15) is 0 Å². The molecule has 1 atom stereocenters. The molecular formula is C21H24N2O4. The van der Waals surface area contributed by atoms with Gasteiger partial charge in [0.05, 0.1) is 23.8 Å². The number of nitrogens with zero attached hydrogens (tertiary/aromatic N) is 1. The van der Waals surface area contributed by atoms with Crippen LogP contribution in [0.3, 0.4) is 0 Å². The lowest BCUT2D eigenvalue weighted by Gasteiger charge is -2.27. The molecule has 3 rings (SSSR count). The number of aryl methyl sites for hydroxylation is 1. The van der Waals surface area contributed by atoms with Crippen LogP contribution < -0.4 is 10.5 Å². The summed E-state index contributed by atoms with van der Waals surface area (Å²) in [6.45, 7) is 4.30. The van der Waals surface area contributed by atoms with Gasteiger partial charge in [0.25, 0.3) is 11.8 Å². The van der Waals surface area contributed by atoms with Crippen molar-refractivity contribution < 1.29 is 19.4 Å². The predicted octanol–water partition coefficient (Wildman–Crippen LogP) is 2.95. The first-order valence-electron chi connectivity index (χ1n) is 9.16. The molecular weight excluding hydrogens is 344 g/mol. The van der Waals surface area contributed by atoms with Gasteiger partial charge in [-0.05, 0) is 49.1 Å². The molecule has 2 amide bonds. The molecule has 0 saturated carbocycles. The van der Waals surface area contributed by atoms with Crippen molar-refractivity contribution in [3.63, 3.8) is 0 Å². The Morgan fingerprint density at radius 2 is 1.93 bits per heavy atom. The highest BCUT2D eigenvalue weighted by atomic mass is 16.5. The first kappa shape index (κ1) is 18.9. The zero-order valence-corrected chi connectivity index (χ0v) is 15.6. The Balaban J connectivity index is 2.05. The van der Waals surface area contributed by atoms with E-state index in [-0.39, 0.29) is 24.3 Å². The van der Waals surface area contributed by atoms with E-state index in [0.717, 1.165) is 23.3 Å². The predicted molar refractivity (Wildman–Crippen MR) is 103 cm³/mol. The van der Waals surface area contributed by atoms with Crippen molar-refractivity contribution in [2.24, 2.45) is 0 Å². The lowest BCUT2D eigenvalue weighted by Crippen LogP contribution is -2.34. The first-order valence-corrected chi connectivity index (χ1v) is 9.16. The van der Waals surface area contributed by atoms with E-state index in [2.05, 4.69) is 0 Å². The van der Waals surface area contributed by atoms with Gasteiger partial charge in [0, 0.05) is 12.3 Å². The highest BCUT2D eigenvalue weighted by Gasteiger charge is 2.41. The van der Waals surface area contributed by atoms with Crippen LogP contribution in [0.1, 0.15) is 58.2 Å². The zero-order valence-electron chi connectivity index (χ0n) is 15.6. The molecule has 2 aromatic carbocycles. The van der Waals surface area contributed by atoms with Crippen molar-refractivity contribution in [2.75, 3.05) is 18.9 Å². The molecule has 6 heteroatoms. The van der Waals surface area contributed by atoms with E-state index < -0.39 is 17.9 Å². The third-order valence-electron chi connectivity index (χ3n) is 4.85. The molecule has 1 heterocycles. The maximum absolute atomic E-state index is 13.0. The fourth-order valence-corrected chi connectivity index (χ4v) is 3.54. The molecule has 1 unspecified atom stereocenters. The third-order valence-corrected chi connectivity index (χ3v) is 4.85. The minimum absolute atomic E-state index is 0.160. The summed E-state index contributed by atoms with van der Waals surface area (Å²) in [5, 5.41) is 9.57. The molecule has 0 aliphatic carbocycles. The molecule has 3 N–H and O–H groups in total. The Bertz CT molecular complexity index is 878. The minimum atomic E-state index is -0.591. The second-order valence-corrected chi connectivity index (χ2v) is 6.43. The maximum Gasteiger partial charge on any atom is 0.264 e. The molecule has 2 aromatic rings. The van der Waals surface area contributed by atoms with Crippen LogP contribution in [0.15, 0.2) is 36.4 Å². The lowest BCUT2D eigenvalue weighted by molar-refractivity contribution is 0.0558. The summed E-state index contributed by atoms with van der Waals surface area (Å²) in [5.41, 5.74) is 8.56. The highest BCUT2D eigenvalue weighted by Crippen LogP contribution is 2.37. The summed E-state index contributed by atoms with van der Waals surface area (Å²) >= 11 is 0.